The summed E-state index contributed by atoms with van der Waals surface area (Å²) in [5.41, 5.74) is 9.22. The fraction of sp³-hybridized carbons (Fsp3) is 0.269. The molecule has 6 rings (SSSR count). The van der Waals surface area contributed by atoms with E-state index in [4.69, 9.17) is 22.0 Å². The molecular weight excluding hydrogens is 447 g/mol. The van der Waals surface area contributed by atoms with Gasteiger partial charge in [0.2, 0.25) is 11.6 Å². The summed E-state index contributed by atoms with van der Waals surface area (Å²) in [5, 5.41) is 10.5. The van der Waals surface area contributed by atoms with Gasteiger partial charge in [-0.05, 0) is 42.5 Å². The molecule has 176 valence electrons. The minimum atomic E-state index is -0.612. The maximum atomic E-state index is 14.7. The molecule has 35 heavy (non-hydrogen) atoms. The zero-order valence-corrected chi connectivity index (χ0v) is 19.0. The highest BCUT2D eigenvalue weighted by Gasteiger charge is 2.44. The number of ether oxygens (including phenoxy) is 1. The van der Waals surface area contributed by atoms with Crippen LogP contribution in [0.3, 0.4) is 0 Å². The van der Waals surface area contributed by atoms with E-state index in [0.29, 0.717) is 39.7 Å². The number of rotatable bonds is 4. The van der Waals surface area contributed by atoms with Crippen LogP contribution in [0.15, 0.2) is 48.8 Å². The van der Waals surface area contributed by atoms with Crippen LogP contribution in [0.4, 0.5) is 16.0 Å². The summed E-state index contributed by atoms with van der Waals surface area (Å²) < 4.78 is 21.9. The smallest absolute Gasteiger partial charge is 0.222 e. The Morgan fingerprint density at radius 1 is 1.20 bits per heavy atom. The minimum Gasteiger partial charge on any atom is -0.504 e. The maximum absolute atomic E-state index is 14.7. The average Bonchev–Trinajstić information content (AvgIpc) is 3.59. The van der Waals surface area contributed by atoms with Crippen LogP contribution in [0, 0.1) is 18.3 Å². The highest BCUT2D eigenvalue weighted by molar-refractivity contribution is 5.92. The van der Waals surface area contributed by atoms with Gasteiger partial charge in [-0.15, -0.1) is 0 Å². The Morgan fingerprint density at radius 2 is 2.03 bits per heavy atom. The van der Waals surface area contributed by atoms with E-state index in [1.54, 1.807) is 24.4 Å². The van der Waals surface area contributed by atoms with Gasteiger partial charge in [0.15, 0.2) is 11.5 Å². The average molecular weight is 471 g/mol. The summed E-state index contributed by atoms with van der Waals surface area (Å²) in [7, 11) is 1.49. The number of benzene rings is 2. The number of aromatic nitrogens is 3. The first-order valence-corrected chi connectivity index (χ1v) is 11.4. The Kier molecular flexibility index (Phi) is 4.86. The predicted octanol–water partition coefficient (Wildman–Crippen LogP) is 4.39. The van der Waals surface area contributed by atoms with Crippen LogP contribution >= 0.6 is 0 Å². The lowest BCUT2D eigenvalue weighted by molar-refractivity contribution is 0.373. The van der Waals surface area contributed by atoms with Gasteiger partial charge in [0.25, 0.3) is 0 Å². The molecule has 9 heteroatoms. The lowest BCUT2D eigenvalue weighted by Crippen LogP contribution is -2.42. The number of fused-ring (bicyclic) bond motifs is 3. The molecule has 3 heterocycles. The molecule has 3 atom stereocenters. The normalized spacial score (nSPS) is 21.0. The van der Waals surface area contributed by atoms with Gasteiger partial charge in [-0.3, -0.25) is 4.40 Å². The zero-order chi connectivity index (χ0) is 24.3. The van der Waals surface area contributed by atoms with E-state index >= 15 is 0 Å². The number of piperidine rings is 1. The van der Waals surface area contributed by atoms with Crippen molar-refractivity contribution in [2.24, 2.45) is 11.7 Å². The number of nitrogens with zero attached hydrogens (tertiary/aromatic N) is 5. The second kappa shape index (κ2) is 7.96. The molecule has 1 aliphatic heterocycles. The molecule has 3 N–H and O–H groups in total. The lowest BCUT2D eigenvalue weighted by atomic mass is 9.99. The van der Waals surface area contributed by atoms with Crippen LogP contribution < -0.4 is 15.4 Å². The third-order valence-electron chi connectivity index (χ3n) is 7.19. The van der Waals surface area contributed by atoms with Crippen molar-refractivity contribution in [1.82, 2.24) is 14.4 Å². The van der Waals surface area contributed by atoms with Gasteiger partial charge in [-0.25, -0.2) is 19.2 Å². The number of hydrogen-bond acceptors (Lipinski definition) is 6. The molecule has 2 fully saturated rings. The van der Waals surface area contributed by atoms with E-state index in [0.717, 1.165) is 25.3 Å². The van der Waals surface area contributed by atoms with Crippen LogP contribution in [-0.4, -0.2) is 45.2 Å². The molecule has 4 aromatic rings. The molecule has 0 spiro atoms. The Hall–Kier alpha value is -4.16. The molecule has 2 aromatic heterocycles. The van der Waals surface area contributed by atoms with Crippen LogP contribution in [0.1, 0.15) is 12.8 Å². The zero-order valence-electron chi connectivity index (χ0n) is 19.0. The third kappa shape index (κ3) is 3.29. The monoisotopic (exact) mass is 470 g/mol. The van der Waals surface area contributed by atoms with Gasteiger partial charge in [-0.1, -0.05) is 18.2 Å². The summed E-state index contributed by atoms with van der Waals surface area (Å²) >= 11 is 0. The molecule has 0 amide bonds. The molecule has 2 bridgehead atoms. The fourth-order valence-electron chi connectivity index (χ4n) is 5.47. The van der Waals surface area contributed by atoms with Gasteiger partial charge in [0, 0.05) is 36.6 Å². The predicted molar refractivity (Wildman–Crippen MR) is 130 cm³/mol. The summed E-state index contributed by atoms with van der Waals surface area (Å²) in [6.45, 7) is 8.00. The molecule has 3 unspecified atom stereocenters. The molecular formula is C26H23FN6O2. The quantitative estimate of drug-likeness (QED) is 0.430. The van der Waals surface area contributed by atoms with Gasteiger partial charge in [-0.2, -0.15) is 0 Å². The van der Waals surface area contributed by atoms with Crippen molar-refractivity contribution in [3.05, 3.63) is 66.0 Å². The first-order valence-electron chi connectivity index (χ1n) is 11.4. The fourth-order valence-corrected chi connectivity index (χ4v) is 5.47. The van der Waals surface area contributed by atoms with E-state index in [1.807, 2.05) is 16.7 Å². The first-order chi connectivity index (χ1) is 17.0. The number of phenolic OH excluding ortho intramolecular Hbond substituents is 1. The van der Waals surface area contributed by atoms with E-state index in [1.165, 1.54) is 19.2 Å². The van der Waals surface area contributed by atoms with Gasteiger partial charge in [0.05, 0.1) is 24.9 Å². The van der Waals surface area contributed by atoms with Crippen molar-refractivity contribution in [1.29, 1.82) is 0 Å². The summed E-state index contributed by atoms with van der Waals surface area (Å²) in [6, 6.07) is 10.1. The number of hydrogen-bond donors (Lipinski definition) is 2. The van der Waals surface area contributed by atoms with Crippen molar-refractivity contribution in [2.45, 2.75) is 24.9 Å². The SMILES string of the molecule is [C-]#[N+]c1ccc(-c2nc(N3CC4CC3CC4N)n3ccnc3c2-c2ccc(OC)c(O)c2)cc1F. The minimum absolute atomic E-state index is 0.0230. The lowest BCUT2D eigenvalue weighted by Gasteiger charge is -2.31. The first kappa shape index (κ1) is 21.4. The second-order valence-corrected chi connectivity index (χ2v) is 9.12. The van der Waals surface area contributed by atoms with Crippen molar-refractivity contribution >= 4 is 17.3 Å². The highest BCUT2D eigenvalue weighted by atomic mass is 19.1. The van der Waals surface area contributed by atoms with Crippen molar-refractivity contribution < 1.29 is 14.2 Å². The van der Waals surface area contributed by atoms with Crippen LogP contribution in [0.2, 0.25) is 0 Å². The van der Waals surface area contributed by atoms with Gasteiger partial charge in [0.1, 0.15) is 11.5 Å². The molecule has 2 aromatic carbocycles. The highest BCUT2D eigenvalue weighted by Crippen LogP contribution is 2.43. The van der Waals surface area contributed by atoms with Crippen LogP contribution in [0.25, 0.3) is 32.9 Å². The molecule has 1 aliphatic carbocycles. The topological polar surface area (TPSA) is 93.3 Å². The molecule has 1 saturated carbocycles. The second-order valence-electron chi connectivity index (χ2n) is 9.12. The van der Waals surface area contributed by atoms with E-state index in [9.17, 15) is 9.50 Å². The number of aromatic hydroxyl groups is 1. The number of phenols is 1. The standard InChI is InChI=1S/C26H23FN6O2/c1-29-20-5-3-15(10-18(20)27)24-23(14-4-6-22(35-2)21(34)11-14)25-30-7-8-32(25)26(31-24)33-13-16-9-17(33)12-19(16)28/h3-8,10-11,16-17,19,34H,9,12-13,28H2,2H3. The summed E-state index contributed by atoms with van der Waals surface area (Å²) in [6.07, 6.45) is 5.50. The van der Waals surface area contributed by atoms with E-state index < -0.39 is 5.82 Å². The number of methoxy groups -OCH3 is 1. The summed E-state index contributed by atoms with van der Waals surface area (Å²) in [4.78, 5) is 15.2. The largest absolute Gasteiger partial charge is 0.504 e. The van der Waals surface area contributed by atoms with Crippen LogP contribution in [-0.2, 0) is 0 Å². The van der Waals surface area contributed by atoms with Crippen LogP contribution in [0.5, 0.6) is 11.5 Å². The van der Waals surface area contributed by atoms with Gasteiger partial charge < -0.3 is 20.5 Å². The Bertz CT molecular complexity index is 1510. The van der Waals surface area contributed by atoms with E-state index in [2.05, 4.69) is 14.7 Å². The number of imidazole rings is 1. The molecule has 8 nitrogen and oxygen atoms in total. The van der Waals surface area contributed by atoms with Gasteiger partial charge >= 0.3 is 0 Å². The number of nitrogens with two attached hydrogens (primary N) is 1. The Balaban J connectivity index is 1.61. The molecule has 2 aliphatic rings. The number of halogens is 1. The molecule has 1 saturated heterocycles. The van der Waals surface area contributed by atoms with Crippen molar-refractivity contribution in [3.8, 4) is 33.9 Å². The van der Waals surface area contributed by atoms with Crippen molar-refractivity contribution in [2.75, 3.05) is 18.6 Å². The number of anilines is 1. The van der Waals surface area contributed by atoms with E-state index in [-0.39, 0.29) is 23.5 Å². The Morgan fingerprint density at radius 3 is 2.69 bits per heavy atom. The third-order valence-corrected chi connectivity index (χ3v) is 7.19. The Labute approximate surface area is 201 Å². The summed E-state index contributed by atoms with van der Waals surface area (Å²) in [5.74, 6) is 0.848. The maximum Gasteiger partial charge on any atom is 0.222 e. The molecule has 0 radical (unpaired) electrons. The van der Waals surface area contributed by atoms with Crippen molar-refractivity contribution in [3.63, 3.8) is 0 Å².